The van der Waals surface area contributed by atoms with Gasteiger partial charge in [0.2, 0.25) is 0 Å². The first-order chi connectivity index (χ1) is 9.74. The number of ether oxygens (including phenoxy) is 1. The molecular formula is C18H31NO. The highest BCUT2D eigenvalue weighted by atomic mass is 16.5. The number of hydrogen-bond acceptors (Lipinski definition) is 2. The summed E-state index contributed by atoms with van der Waals surface area (Å²) in [5.41, 5.74) is 1.35. The molecule has 0 saturated carbocycles. The first-order valence-corrected chi connectivity index (χ1v) is 8.21. The molecule has 1 N–H and O–H groups in total. The molecule has 0 aliphatic heterocycles. The van der Waals surface area contributed by atoms with Gasteiger partial charge in [0.25, 0.3) is 0 Å². The van der Waals surface area contributed by atoms with Crippen molar-refractivity contribution in [3.63, 3.8) is 0 Å². The standard InChI is InChI=1S/C18H31NO/c1-5-12-20-17-11-9-10-16(14-17)18(19-8-4)13-15(6-2)7-3/h9-11,14-15,18-19H,5-8,12-13H2,1-4H3. The molecule has 0 fully saturated rings. The number of rotatable bonds is 10. The van der Waals surface area contributed by atoms with Crippen LogP contribution in [0.3, 0.4) is 0 Å². The van der Waals surface area contributed by atoms with Crippen LogP contribution >= 0.6 is 0 Å². The van der Waals surface area contributed by atoms with Crippen LogP contribution in [0.25, 0.3) is 0 Å². The molecule has 20 heavy (non-hydrogen) atoms. The van der Waals surface area contributed by atoms with Crippen molar-refractivity contribution in [1.29, 1.82) is 0 Å². The van der Waals surface area contributed by atoms with E-state index in [9.17, 15) is 0 Å². The minimum atomic E-state index is 0.440. The first-order valence-electron chi connectivity index (χ1n) is 8.21. The van der Waals surface area contributed by atoms with Gasteiger partial charge in [0.15, 0.2) is 0 Å². The van der Waals surface area contributed by atoms with E-state index in [1.165, 1.54) is 24.8 Å². The third kappa shape index (κ3) is 5.54. The molecule has 1 rings (SSSR count). The van der Waals surface area contributed by atoms with Gasteiger partial charge in [-0.3, -0.25) is 0 Å². The fourth-order valence-corrected chi connectivity index (χ4v) is 2.58. The summed E-state index contributed by atoms with van der Waals surface area (Å²) >= 11 is 0. The van der Waals surface area contributed by atoms with Gasteiger partial charge in [0.1, 0.15) is 5.75 Å². The fourth-order valence-electron chi connectivity index (χ4n) is 2.58. The van der Waals surface area contributed by atoms with Gasteiger partial charge in [-0.15, -0.1) is 0 Å². The van der Waals surface area contributed by atoms with E-state index < -0.39 is 0 Å². The van der Waals surface area contributed by atoms with Crippen molar-refractivity contribution in [2.75, 3.05) is 13.2 Å². The molecule has 1 atom stereocenters. The van der Waals surface area contributed by atoms with E-state index in [1.807, 2.05) is 0 Å². The van der Waals surface area contributed by atoms with Gasteiger partial charge < -0.3 is 10.1 Å². The SMILES string of the molecule is CCCOc1cccc(C(CC(CC)CC)NCC)c1. The van der Waals surface area contributed by atoms with Crippen LogP contribution in [0.5, 0.6) is 5.75 Å². The van der Waals surface area contributed by atoms with Crippen LogP contribution in [-0.4, -0.2) is 13.2 Å². The monoisotopic (exact) mass is 277 g/mol. The van der Waals surface area contributed by atoms with Crippen molar-refractivity contribution < 1.29 is 4.74 Å². The number of nitrogens with one attached hydrogen (secondary N) is 1. The summed E-state index contributed by atoms with van der Waals surface area (Å²) < 4.78 is 5.75. The van der Waals surface area contributed by atoms with Gasteiger partial charge in [-0.2, -0.15) is 0 Å². The molecular weight excluding hydrogens is 246 g/mol. The maximum Gasteiger partial charge on any atom is 0.119 e. The Labute approximate surface area is 124 Å². The van der Waals surface area contributed by atoms with Gasteiger partial charge >= 0.3 is 0 Å². The number of benzene rings is 1. The van der Waals surface area contributed by atoms with E-state index in [0.29, 0.717) is 6.04 Å². The molecule has 0 aliphatic rings. The highest BCUT2D eigenvalue weighted by Gasteiger charge is 2.15. The van der Waals surface area contributed by atoms with Crippen LogP contribution in [0.4, 0.5) is 0 Å². The van der Waals surface area contributed by atoms with Crippen LogP contribution in [-0.2, 0) is 0 Å². The highest BCUT2D eigenvalue weighted by molar-refractivity contribution is 5.30. The van der Waals surface area contributed by atoms with Crippen molar-refractivity contribution in [3.05, 3.63) is 29.8 Å². The van der Waals surface area contributed by atoms with E-state index in [1.54, 1.807) is 0 Å². The summed E-state index contributed by atoms with van der Waals surface area (Å²) in [5.74, 6) is 1.79. The molecule has 2 nitrogen and oxygen atoms in total. The Kier molecular flexibility index (Phi) is 8.36. The smallest absolute Gasteiger partial charge is 0.119 e. The van der Waals surface area contributed by atoms with E-state index >= 15 is 0 Å². The van der Waals surface area contributed by atoms with Gasteiger partial charge in [-0.1, -0.05) is 52.7 Å². The Morgan fingerprint density at radius 3 is 2.45 bits per heavy atom. The molecule has 0 aromatic heterocycles. The first kappa shape index (κ1) is 17.0. The second-order valence-electron chi connectivity index (χ2n) is 5.45. The lowest BCUT2D eigenvalue weighted by Gasteiger charge is -2.23. The molecule has 1 aromatic rings. The molecule has 1 unspecified atom stereocenters. The van der Waals surface area contributed by atoms with Crippen molar-refractivity contribution in [1.82, 2.24) is 5.32 Å². The minimum absolute atomic E-state index is 0.440. The van der Waals surface area contributed by atoms with Crippen LogP contribution in [0.2, 0.25) is 0 Å². The van der Waals surface area contributed by atoms with Crippen molar-refractivity contribution >= 4 is 0 Å². The summed E-state index contributed by atoms with van der Waals surface area (Å²) in [4.78, 5) is 0. The van der Waals surface area contributed by atoms with Crippen molar-refractivity contribution in [2.45, 2.75) is 59.4 Å². The summed E-state index contributed by atoms with van der Waals surface area (Å²) in [6, 6.07) is 9.02. The summed E-state index contributed by atoms with van der Waals surface area (Å²) in [6.45, 7) is 10.7. The second kappa shape index (κ2) is 9.82. The second-order valence-corrected chi connectivity index (χ2v) is 5.45. The van der Waals surface area contributed by atoms with Crippen LogP contribution in [0, 0.1) is 5.92 Å². The predicted octanol–water partition coefficient (Wildman–Crippen LogP) is 4.95. The molecule has 0 saturated heterocycles. The Morgan fingerprint density at radius 1 is 1.10 bits per heavy atom. The lowest BCUT2D eigenvalue weighted by Crippen LogP contribution is -2.23. The summed E-state index contributed by atoms with van der Waals surface area (Å²) in [6.07, 6.45) is 4.77. The summed E-state index contributed by atoms with van der Waals surface area (Å²) in [7, 11) is 0. The van der Waals surface area contributed by atoms with Gasteiger partial charge in [0.05, 0.1) is 6.61 Å². The van der Waals surface area contributed by atoms with Gasteiger partial charge in [-0.25, -0.2) is 0 Å². The Hall–Kier alpha value is -1.02. The highest BCUT2D eigenvalue weighted by Crippen LogP contribution is 2.27. The molecule has 0 radical (unpaired) electrons. The fraction of sp³-hybridized carbons (Fsp3) is 0.667. The third-order valence-electron chi connectivity index (χ3n) is 3.91. The Balaban J connectivity index is 2.79. The van der Waals surface area contributed by atoms with Crippen molar-refractivity contribution in [2.24, 2.45) is 5.92 Å². The van der Waals surface area contributed by atoms with E-state index in [2.05, 4.69) is 57.3 Å². The van der Waals surface area contributed by atoms with Crippen molar-refractivity contribution in [3.8, 4) is 5.75 Å². The minimum Gasteiger partial charge on any atom is -0.494 e. The molecule has 0 aliphatic carbocycles. The quantitative estimate of drug-likeness (QED) is 0.653. The molecule has 0 amide bonds. The molecule has 0 spiro atoms. The topological polar surface area (TPSA) is 21.3 Å². The maximum atomic E-state index is 5.75. The summed E-state index contributed by atoms with van der Waals surface area (Å²) in [5, 5.41) is 3.63. The average molecular weight is 277 g/mol. The molecule has 0 heterocycles. The zero-order valence-corrected chi connectivity index (χ0v) is 13.6. The lowest BCUT2D eigenvalue weighted by atomic mass is 9.91. The zero-order valence-electron chi connectivity index (χ0n) is 13.6. The Bertz CT molecular complexity index is 360. The largest absolute Gasteiger partial charge is 0.494 e. The van der Waals surface area contributed by atoms with E-state index in [-0.39, 0.29) is 0 Å². The van der Waals surface area contributed by atoms with Crippen LogP contribution < -0.4 is 10.1 Å². The molecule has 1 aromatic carbocycles. The Morgan fingerprint density at radius 2 is 1.85 bits per heavy atom. The molecule has 2 heteroatoms. The van der Waals surface area contributed by atoms with Gasteiger partial charge in [0, 0.05) is 6.04 Å². The predicted molar refractivity (Wildman–Crippen MR) is 87.3 cm³/mol. The van der Waals surface area contributed by atoms with Gasteiger partial charge in [-0.05, 0) is 43.0 Å². The molecule has 114 valence electrons. The van der Waals surface area contributed by atoms with E-state index in [4.69, 9.17) is 4.74 Å². The lowest BCUT2D eigenvalue weighted by molar-refractivity contribution is 0.316. The zero-order chi connectivity index (χ0) is 14.8. The van der Waals surface area contributed by atoms with Crippen LogP contribution in [0.1, 0.15) is 65.0 Å². The maximum absolute atomic E-state index is 5.75. The average Bonchev–Trinajstić information content (AvgIpc) is 2.49. The molecule has 0 bridgehead atoms. The van der Waals surface area contributed by atoms with Crippen LogP contribution in [0.15, 0.2) is 24.3 Å². The normalized spacial score (nSPS) is 12.7. The number of hydrogen-bond donors (Lipinski definition) is 1. The van der Waals surface area contributed by atoms with E-state index in [0.717, 1.165) is 31.2 Å². The third-order valence-corrected chi connectivity index (χ3v) is 3.91.